The van der Waals surface area contributed by atoms with E-state index < -0.39 is 89.6 Å². The van der Waals surface area contributed by atoms with E-state index in [9.17, 15) is 45.5 Å². The molecule has 2 unspecified atom stereocenters. The van der Waals surface area contributed by atoms with Gasteiger partial charge in [-0.15, -0.1) is 10.2 Å². The fraction of sp³-hybridized carbons (Fsp3) is 0.500. The molecule has 286 valence electrons. The molecule has 0 aliphatic carbocycles. The molecule has 3 aromatic rings. The largest absolute Gasteiger partial charge is 0.460 e. The molecule has 3 heterocycles. The first-order chi connectivity index (χ1) is 24.9. The molecule has 1 N–H and O–H groups in total. The number of hydrogen-bond donors (Lipinski definition) is 1. The van der Waals surface area contributed by atoms with Crippen molar-refractivity contribution in [3.05, 3.63) is 82.7 Å². The van der Waals surface area contributed by atoms with Gasteiger partial charge in [-0.3, -0.25) is 19.2 Å². The molecule has 1 fully saturated rings. The Labute approximate surface area is 301 Å². The van der Waals surface area contributed by atoms with Gasteiger partial charge in [0, 0.05) is 38.2 Å². The van der Waals surface area contributed by atoms with Crippen LogP contribution in [0.25, 0.3) is 0 Å². The topological polar surface area (TPSA) is 127 Å². The van der Waals surface area contributed by atoms with Gasteiger partial charge in [0.2, 0.25) is 23.5 Å². The molecular formula is C36H40F6N6O5. The van der Waals surface area contributed by atoms with Crippen LogP contribution in [0.3, 0.4) is 0 Å². The molecule has 0 saturated carbocycles. The molecule has 0 radical (unpaired) electrons. The lowest BCUT2D eigenvalue weighted by molar-refractivity contribution is -0.158. The average Bonchev–Trinajstić information content (AvgIpc) is 3.74. The fourth-order valence-corrected chi connectivity index (χ4v) is 6.64. The summed E-state index contributed by atoms with van der Waals surface area (Å²) in [5.41, 5.74) is -0.354. The molecule has 11 nitrogen and oxygen atoms in total. The molecule has 1 aromatic heterocycles. The van der Waals surface area contributed by atoms with Gasteiger partial charge in [-0.25, -0.2) is 13.2 Å². The van der Waals surface area contributed by atoms with Crippen LogP contribution in [0.1, 0.15) is 69.2 Å². The fourth-order valence-electron chi connectivity index (χ4n) is 6.64. The molecule has 5 rings (SSSR count). The number of esters is 1. The summed E-state index contributed by atoms with van der Waals surface area (Å²) in [6.45, 7) is 4.55. The molecule has 1 saturated heterocycles. The van der Waals surface area contributed by atoms with E-state index in [0.717, 1.165) is 10.1 Å². The first kappa shape index (κ1) is 39.3. The normalized spacial score (nSPS) is 17.3. The second-order valence-corrected chi connectivity index (χ2v) is 14.2. The van der Waals surface area contributed by atoms with E-state index in [-0.39, 0.29) is 56.8 Å². The number of rotatable bonds is 11. The quantitative estimate of drug-likeness (QED) is 0.170. The minimum absolute atomic E-state index is 0.110. The molecule has 3 atom stereocenters. The number of aromatic nitrogens is 3. The lowest BCUT2D eigenvalue weighted by atomic mass is 9.94. The van der Waals surface area contributed by atoms with E-state index in [1.54, 1.807) is 32.9 Å². The summed E-state index contributed by atoms with van der Waals surface area (Å²) in [6, 6.07) is 7.73. The summed E-state index contributed by atoms with van der Waals surface area (Å²) in [6.07, 6.45) is -5.12. The van der Waals surface area contributed by atoms with Gasteiger partial charge in [-0.05, 0) is 63.6 Å². The van der Waals surface area contributed by atoms with Gasteiger partial charge >= 0.3 is 12.1 Å². The number of alkyl halides is 3. The Morgan fingerprint density at radius 1 is 0.906 bits per heavy atom. The van der Waals surface area contributed by atoms with Gasteiger partial charge in [-0.2, -0.15) is 13.2 Å². The van der Waals surface area contributed by atoms with Crippen molar-refractivity contribution in [3.63, 3.8) is 0 Å². The van der Waals surface area contributed by atoms with Gasteiger partial charge in [0.1, 0.15) is 17.5 Å². The molecule has 3 amide bonds. The van der Waals surface area contributed by atoms with Crippen molar-refractivity contribution in [2.75, 3.05) is 13.1 Å². The van der Waals surface area contributed by atoms with Gasteiger partial charge in [0.25, 0.3) is 0 Å². The predicted octanol–water partition coefficient (Wildman–Crippen LogP) is 4.76. The second-order valence-electron chi connectivity index (χ2n) is 14.2. The standard InChI is InChI=1S/C36H40F6N6O5/c1-35(2,3)53-31(50)17-23(14-21-8-5-4-6-9-21)33(52)47-11-7-10-28(47)32(51)43-24(15-22-16-26(38)27(39)19-25(22)37)18-30(49)46-12-13-48-29(20-46)44-45-34(48)36(40,41)42/h4-6,8-9,16,19,23-24,28H,7,10-15,17-18,20H2,1-3H3,(H,43,51)/t23?,24-,28?/m1/s1. The third kappa shape index (κ3) is 9.93. The second kappa shape index (κ2) is 16.0. The van der Waals surface area contributed by atoms with E-state index in [1.165, 1.54) is 9.80 Å². The lowest BCUT2D eigenvalue weighted by Crippen LogP contribution is -2.52. The summed E-state index contributed by atoms with van der Waals surface area (Å²) in [5.74, 6) is -8.49. The van der Waals surface area contributed by atoms with Crippen LogP contribution in [-0.4, -0.2) is 79.0 Å². The summed E-state index contributed by atoms with van der Waals surface area (Å²) >= 11 is 0. The number of nitrogens with one attached hydrogen (secondary N) is 1. The van der Waals surface area contributed by atoms with Crippen LogP contribution in [0.15, 0.2) is 42.5 Å². The molecule has 53 heavy (non-hydrogen) atoms. The van der Waals surface area contributed by atoms with Crippen LogP contribution in [0.4, 0.5) is 26.3 Å². The minimum Gasteiger partial charge on any atom is -0.460 e. The zero-order chi connectivity index (χ0) is 38.7. The third-order valence-corrected chi connectivity index (χ3v) is 9.03. The Balaban J connectivity index is 1.35. The van der Waals surface area contributed by atoms with Gasteiger partial charge in [-0.1, -0.05) is 30.3 Å². The Bertz CT molecular complexity index is 1830. The maximum Gasteiger partial charge on any atom is 0.451 e. The Morgan fingerprint density at radius 3 is 2.28 bits per heavy atom. The van der Waals surface area contributed by atoms with Crippen molar-refractivity contribution in [1.29, 1.82) is 0 Å². The van der Waals surface area contributed by atoms with Crippen molar-refractivity contribution in [1.82, 2.24) is 29.9 Å². The summed E-state index contributed by atoms with van der Waals surface area (Å²) in [4.78, 5) is 56.9. The highest BCUT2D eigenvalue weighted by molar-refractivity contribution is 5.91. The number of benzene rings is 2. The van der Waals surface area contributed by atoms with Crippen molar-refractivity contribution < 1.29 is 50.3 Å². The molecule has 17 heteroatoms. The minimum atomic E-state index is -4.76. The molecule has 0 spiro atoms. The highest BCUT2D eigenvalue weighted by Gasteiger charge is 2.41. The van der Waals surface area contributed by atoms with Crippen LogP contribution < -0.4 is 5.32 Å². The monoisotopic (exact) mass is 750 g/mol. The number of fused-ring (bicyclic) bond motifs is 1. The van der Waals surface area contributed by atoms with Crippen molar-refractivity contribution in [3.8, 4) is 0 Å². The van der Waals surface area contributed by atoms with E-state index >= 15 is 0 Å². The number of carbonyl (C=O) groups is 4. The average molecular weight is 751 g/mol. The van der Waals surface area contributed by atoms with Crippen LogP contribution in [0.5, 0.6) is 0 Å². The highest BCUT2D eigenvalue weighted by Crippen LogP contribution is 2.30. The van der Waals surface area contributed by atoms with Crippen LogP contribution in [0.2, 0.25) is 0 Å². The van der Waals surface area contributed by atoms with E-state index in [4.69, 9.17) is 4.74 Å². The number of ether oxygens (including phenoxy) is 1. The molecule has 0 bridgehead atoms. The SMILES string of the molecule is CC(C)(C)OC(=O)CC(Cc1ccccc1)C(=O)N1CCCC1C(=O)N[C@@H](CC(=O)N1CCn2c(nnc2C(F)(F)F)C1)Cc1cc(F)c(F)cc1F. The van der Waals surface area contributed by atoms with Crippen LogP contribution in [-0.2, 0) is 56.0 Å². The molecule has 2 aliphatic heterocycles. The zero-order valence-electron chi connectivity index (χ0n) is 29.4. The first-order valence-corrected chi connectivity index (χ1v) is 17.2. The van der Waals surface area contributed by atoms with Crippen molar-refractivity contribution in [2.24, 2.45) is 5.92 Å². The summed E-state index contributed by atoms with van der Waals surface area (Å²) < 4.78 is 89.1. The Kier molecular flexibility index (Phi) is 11.8. The lowest BCUT2D eigenvalue weighted by Gasteiger charge is -2.31. The van der Waals surface area contributed by atoms with Crippen LogP contribution >= 0.6 is 0 Å². The summed E-state index contributed by atoms with van der Waals surface area (Å²) in [5, 5.41) is 9.46. The predicted molar refractivity (Wildman–Crippen MR) is 176 cm³/mol. The van der Waals surface area contributed by atoms with Crippen molar-refractivity contribution >= 4 is 23.7 Å². The third-order valence-electron chi connectivity index (χ3n) is 9.03. The number of halogens is 6. The maximum absolute atomic E-state index is 14.8. The number of amides is 3. The Morgan fingerprint density at radius 2 is 1.60 bits per heavy atom. The number of carbonyl (C=O) groups excluding carboxylic acids is 4. The van der Waals surface area contributed by atoms with E-state index in [2.05, 4.69) is 15.5 Å². The smallest absolute Gasteiger partial charge is 0.451 e. The number of hydrogen-bond acceptors (Lipinski definition) is 7. The van der Waals surface area contributed by atoms with E-state index in [0.29, 0.717) is 18.6 Å². The zero-order valence-corrected chi connectivity index (χ0v) is 29.4. The van der Waals surface area contributed by atoms with Gasteiger partial charge in [0.05, 0.1) is 18.9 Å². The Hall–Kier alpha value is -4.96. The number of nitrogens with zero attached hydrogens (tertiary/aromatic N) is 5. The maximum atomic E-state index is 14.8. The first-order valence-electron chi connectivity index (χ1n) is 17.2. The van der Waals surface area contributed by atoms with Crippen molar-refractivity contribution in [2.45, 2.75) is 96.2 Å². The van der Waals surface area contributed by atoms with Crippen LogP contribution in [0, 0.1) is 23.4 Å². The van der Waals surface area contributed by atoms with Gasteiger partial charge in [0.15, 0.2) is 17.5 Å². The molecular weight excluding hydrogens is 710 g/mol. The summed E-state index contributed by atoms with van der Waals surface area (Å²) in [7, 11) is 0. The molecule has 2 aromatic carbocycles. The molecule has 2 aliphatic rings. The highest BCUT2D eigenvalue weighted by atomic mass is 19.4. The number of likely N-dealkylation sites (tertiary alicyclic amines) is 1. The van der Waals surface area contributed by atoms with E-state index in [1.807, 2.05) is 18.2 Å². The van der Waals surface area contributed by atoms with Gasteiger partial charge < -0.3 is 24.4 Å².